The van der Waals surface area contributed by atoms with Gasteiger partial charge in [0.05, 0.1) is 6.54 Å². The maximum atomic E-state index is 13.8. The van der Waals surface area contributed by atoms with Gasteiger partial charge in [-0.2, -0.15) is 0 Å². The number of ketones is 1. The average Bonchev–Trinajstić information content (AvgIpc) is 2.61. The third-order valence-electron chi connectivity index (χ3n) is 4.31. The summed E-state index contributed by atoms with van der Waals surface area (Å²) in [5, 5.41) is 2.79. The van der Waals surface area contributed by atoms with Gasteiger partial charge in [0.1, 0.15) is 23.0 Å². The fourth-order valence-corrected chi connectivity index (χ4v) is 2.78. The van der Waals surface area contributed by atoms with Gasteiger partial charge in [-0.3, -0.25) is 18.7 Å². The lowest BCUT2D eigenvalue weighted by atomic mass is 10.1. The number of nitrogens with one attached hydrogen (secondary N) is 1. The minimum absolute atomic E-state index is 0.182. The molecule has 7 nitrogen and oxygen atoms in total. The van der Waals surface area contributed by atoms with Crippen LogP contribution in [0.5, 0.6) is 0 Å². The van der Waals surface area contributed by atoms with Crippen LogP contribution in [0, 0.1) is 11.6 Å². The molecule has 0 amide bonds. The first-order chi connectivity index (χ1) is 12.7. The lowest BCUT2D eigenvalue weighted by Gasteiger charge is -2.16. The van der Waals surface area contributed by atoms with E-state index in [0.717, 1.165) is 16.7 Å². The Morgan fingerprint density at radius 3 is 2.56 bits per heavy atom. The summed E-state index contributed by atoms with van der Waals surface area (Å²) >= 11 is 0. The Balaban J connectivity index is 2.28. The third-order valence-corrected chi connectivity index (χ3v) is 4.31. The van der Waals surface area contributed by atoms with E-state index in [1.54, 1.807) is 6.92 Å². The second kappa shape index (κ2) is 8.26. The molecule has 0 saturated heterocycles. The van der Waals surface area contributed by atoms with Gasteiger partial charge >= 0.3 is 5.69 Å². The number of carbonyl (C=O) groups excluding carboxylic acids is 1. The monoisotopic (exact) mass is 380 g/mol. The van der Waals surface area contributed by atoms with Crippen LogP contribution >= 0.6 is 0 Å². The molecule has 0 aliphatic carbocycles. The second-order valence-corrected chi connectivity index (χ2v) is 6.25. The molecule has 0 bridgehead atoms. The Labute approximate surface area is 154 Å². The van der Waals surface area contributed by atoms with Crippen molar-refractivity contribution >= 4 is 11.6 Å². The normalized spacial score (nSPS) is 12.2. The van der Waals surface area contributed by atoms with Gasteiger partial charge in [-0.15, -0.1) is 0 Å². The zero-order valence-electron chi connectivity index (χ0n) is 15.4. The Hall–Kier alpha value is -2.81. The molecule has 2 rings (SSSR count). The van der Waals surface area contributed by atoms with Crippen LogP contribution in [0.1, 0.15) is 42.2 Å². The van der Waals surface area contributed by atoms with E-state index in [9.17, 15) is 23.2 Å². The Morgan fingerprint density at radius 2 is 1.96 bits per heavy atom. The highest BCUT2D eigenvalue weighted by Gasteiger charge is 2.22. The molecule has 0 aliphatic heterocycles. The molecular formula is C18H22F2N4O3. The first kappa shape index (κ1) is 20.5. The van der Waals surface area contributed by atoms with E-state index in [1.807, 2.05) is 6.92 Å². The highest BCUT2D eigenvalue weighted by Crippen LogP contribution is 2.17. The van der Waals surface area contributed by atoms with Crippen LogP contribution in [-0.4, -0.2) is 21.5 Å². The van der Waals surface area contributed by atoms with Crippen LogP contribution in [0.2, 0.25) is 0 Å². The summed E-state index contributed by atoms with van der Waals surface area (Å²) in [6, 6.07) is 2.54. The van der Waals surface area contributed by atoms with Crippen LogP contribution < -0.4 is 22.3 Å². The van der Waals surface area contributed by atoms with Crippen molar-refractivity contribution in [1.82, 2.24) is 14.5 Å². The van der Waals surface area contributed by atoms with Crippen molar-refractivity contribution in [3.8, 4) is 0 Å². The minimum atomic E-state index is -0.780. The summed E-state index contributed by atoms with van der Waals surface area (Å²) < 4.78 is 28.9. The summed E-state index contributed by atoms with van der Waals surface area (Å²) in [6.07, 6.45) is 0.592. The van der Waals surface area contributed by atoms with Crippen LogP contribution in [0.3, 0.4) is 0 Å². The highest BCUT2D eigenvalue weighted by molar-refractivity contribution is 6.01. The summed E-state index contributed by atoms with van der Waals surface area (Å²) in [4.78, 5) is 37.0. The predicted octanol–water partition coefficient (Wildman–Crippen LogP) is 1.35. The second-order valence-electron chi connectivity index (χ2n) is 6.25. The van der Waals surface area contributed by atoms with E-state index in [1.165, 1.54) is 17.7 Å². The molecule has 0 unspecified atom stereocenters. The SMILES string of the molecule is CCCn1c(N)c(C(=O)CN[C@@H](C)c2ccc(F)cc2F)c(=O)n(C)c1=O. The molecule has 0 fully saturated rings. The molecule has 0 spiro atoms. The summed E-state index contributed by atoms with van der Waals surface area (Å²) in [7, 11) is 1.27. The fourth-order valence-electron chi connectivity index (χ4n) is 2.78. The summed E-state index contributed by atoms with van der Waals surface area (Å²) in [5.74, 6) is -2.24. The number of Topliss-reactive ketones (excluding diaryl/α,β-unsaturated/α-hetero) is 1. The number of hydrogen-bond donors (Lipinski definition) is 2. The first-order valence-corrected chi connectivity index (χ1v) is 8.49. The number of aromatic nitrogens is 2. The maximum absolute atomic E-state index is 13.8. The minimum Gasteiger partial charge on any atom is -0.384 e. The molecule has 3 N–H and O–H groups in total. The van der Waals surface area contributed by atoms with Crippen LogP contribution in [-0.2, 0) is 13.6 Å². The van der Waals surface area contributed by atoms with Crippen LogP contribution in [0.25, 0.3) is 0 Å². The molecule has 0 radical (unpaired) electrons. The molecule has 1 aromatic heterocycles. The molecule has 27 heavy (non-hydrogen) atoms. The van der Waals surface area contributed by atoms with E-state index >= 15 is 0 Å². The quantitative estimate of drug-likeness (QED) is 0.707. The fraction of sp³-hybridized carbons (Fsp3) is 0.389. The topological polar surface area (TPSA) is 99.1 Å². The summed E-state index contributed by atoms with van der Waals surface area (Å²) in [5.41, 5.74) is 4.42. The molecule has 2 aromatic rings. The maximum Gasteiger partial charge on any atom is 0.332 e. The summed E-state index contributed by atoms with van der Waals surface area (Å²) in [6.45, 7) is 3.40. The van der Waals surface area contributed by atoms with Gasteiger partial charge in [-0.25, -0.2) is 13.6 Å². The molecule has 1 heterocycles. The van der Waals surface area contributed by atoms with Crippen molar-refractivity contribution in [1.29, 1.82) is 0 Å². The number of rotatable bonds is 7. The van der Waals surface area contributed by atoms with Gasteiger partial charge < -0.3 is 11.1 Å². The van der Waals surface area contributed by atoms with E-state index in [-0.39, 0.29) is 30.0 Å². The van der Waals surface area contributed by atoms with Crippen LogP contribution in [0.4, 0.5) is 14.6 Å². The van der Waals surface area contributed by atoms with E-state index in [0.29, 0.717) is 6.42 Å². The lowest BCUT2D eigenvalue weighted by Crippen LogP contribution is -2.43. The molecule has 1 aromatic carbocycles. The zero-order chi connectivity index (χ0) is 20.3. The van der Waals surface area contributed by atoms with Gasteiger partial charge in [0.25, 0.3) is 5.56 Å². The number of hydrogen-bond acceptors (Lipinski definition) is 5. The number of nitrogens with zero attached hydrogens (tertiary/aromatic N) is 2. The number of anilines is 1. The van der Waals surface area contributed by atoms with Crippen molar-refractivity contribution in [2.45, 2.75) is 32.9 Å². The van der Waals surface area contributed by atoms with Gasteiger partial charge in [-0.1, -0.05) is 13.0 Å². The molecule has 0 saturated carbocycles. The highest BCUT2D eigenvalue weighted by atomic mass is 19.1. The van der Waals surface area contributed by atoms with E-state index in [4.69, 9.17) is 5.73 Å². The Kier molecular flexibility index (Phi) is 6.27. The number of nitrogen functional groups attached to an aromatic ring is 1. The largest absolute Gasteiger partial charge is 0.384 e. The van der Waals surface area contributed by atoms with Gasteiger partial charge in [0.2, 0.25) is 0 Å². The van der Waals surface area contributed by atoms with Crippen molar-refractivity contribution in [3.05, 3.63) is 61.8 Å². The Morgan fingerprint density at radius 1 is 1.30 bits per heavy atom. The first-order valence-electron chi connectivity index (χ1n) is 8.49. The molecule has 9 heteroatoms. The van der Waals surface area contributed by atoms with Crippen molar-refractivity contribution in [2.24, 2.45) is 7.05 Å². The van der Waals surface area contributed by atoms with Gasteiger partial charge in [0.15, 0.2) is 5.78 Å². The molecular weight excluding hydrogens is 358 g/mol. The third kappa shape index (κ3) is 4.13. The van der Waals surface area contributed by atoms with Gasteiger partial charge in [0, 0.05) is 31.3 Å². The predicted molar refractivity (Wildman–Crippen MR) is 97.8 cm³/mol. The average molecular weight is 380 g/mol. The van der Waals surface area contributed by atoms with Crippen molar-refractivity contribution in [2.75, 3.05) is 12.3 Å². The van der Waals surface area contributed by atoms with Crippen molar-refractivity contribution < 1.29 is 13.6 Å². The zero-order valence-corrected chi connectivity index (χ0v) is 15.4. The number of nitrogens with two attached hydrogens (primary N) is 1. The Bertz CT molecular complexity index is 982. The molecule has 1 atom stereocenters. The number of halogens is 2. The van der Waals surface area contributed by atoms with Gasteiger partial charge in [-0.05, 0) is 19.4 Å². The smallest absolute Gasteiger partial charge is 0.332 e. The van der Waals surface area contributed by atoms with E-state index in [2.05, 4.69) is 5.32 Å². The standard InChI is InChI=1S/C18H22F2N4O3/c1-4-7-24-16(21)15(17(26)23(3)18(24)27)14(25)9-22-10(2)12-6-5-11(19)8-13(12)20/h5-6,8,10,22H,4,7,9,21H2,1-3H3/t10-/m0/s1. The number of carbonyl (C=O) groups is 1. The number of benzene rings is 1. The molecule has 0 aliphatic rings. The lowest BCUT2D eigenvalue weighted by molar-refractivity contribution is 0.0985. The van der Waals surface area contributed by atoms with Crippen LogP contribution in [0.15, 0.2) is 27.8 Å². The molecule has 146 valence electrons. The van der Waals surface area contributed by atoms with E-state index < -0.39 is 34.7 Å². The van der Waals surface area contributed by atoms with Crippen molar-refractivity contribution in [3.63, 3.8) is 0 Å².